The van der Waals surface area contributed by atoms with E-state index in [-0.39, 0.29) is 6.09 Å². The second-order valence-corrected chi connectivity index (χ2v) is 8.91. The quantitative estimate of drug-likeness (QED) is 0.641. The van der Waals surface area contributed by atoms with E-state index in [2.05, 4.69) is 34.2 Å². The highest BCUT2D eigenvalue weighted by atomic mass is 16.6. The van der Waals surface area contributed by atoms with Gasteiger partial charge in [0.05, 0.1) is 0 Å². The number of benzene rings is 1. The van der Waals surface area contributed by atoms with Crippen LogP contribution in [0.1, 0.15) is 37.8 Å². The molecule has 1 saturated heterocycles. The second kappa shape index (κ2) is 6.73. The molecule has 1 aliphatic heterocycles. The molecule has 2 N–H and O–H groups in total. The van der Waals surface area contributed by atoms with Crippen molar-refractivity contribution in [2.45, 2.75) is 38.7 Å². The lowest BCUT2D eigenvalue weighted by Crippen LogP contribution is -2.53. The zero-order chi connectivity index (χ0) is 19.2. The van der Waals surface area contributed by atoms with Crippen LogP contribution in [0.2, 0.25) is 0 Å². The Hall–Kier alpha value is -2.24. The molecule has 27 heavy (non-hydrogen) atoms. The van der Waals surface area contributed by atoms with Gasteiger partial charge in [0.2, 0.25) is 0 Å². The Labute approximate surface area is 161 Å². The van der Waals surface area contributed by atoms with Gasteiger partial charge in [0.1, 0.15) is 5.60 Å². The van der Waals surface area contributed by atoms with E-state index in [1.54, 1.807) is 4.90 Å². The van der Waals surface area contributed by atoms with Gasteiger partial charge in [0.15, 0.2) is 5.96 Å². The highest BCUT2D eigenvalue weighted by molar-refractivity contribution is 5.78. The van der Waals surface area contributed by atoms with Gasteiger partial charge >= 0.3 is 6.09 Å². The third-order valence-electron chi connectivity index (χ3n) is 5.92. The number of nitrogens with zero attached hydrogens (tertiary/aromatic N) is 3. The standard InChI is InChI=1S/C21H30N4O2/c1-21(2,3)27-20(26)25-10-8-24(9-11-25)19(22)23-13-17-16-12-14-6-4-5-7-15(14)18(16)17/h4-7,16-18H,8-13H2,1-3H3,(H2,22,23). The van der Waals surface area contributed by atoms with Crippen molar-refractivity contribution in [3.8, 4) is 0 Å². The minimum absolute atomic E-state index is 0.248. The van der Waals surface area contributed by atoms with Crippen molar-refractivity contribution in [3.63, 3.8) is 0 Å². The summed E-state index contributed by atoms with van der Waals surface area (Å²) in [5, 5.41) is 0. The number of carbonyl (C=O) groups is 1. The summed E-state index contributed by atoms with van der Waals surface area (Å²) >= 11 is 0. The molecular weight excluding hydrogens is 340 g/mol. The lowest BCUT2D eigenvalue weighted by Gasteiger charge is -2.36. The molecule has 1 saturated carbocycles. The number of guanidine groups is 1. The van der Waals surface area contributed by atoms with E-state index in [0.29, 0.717) is 44.0 Å². The summed E-state index contributed by atoms with van der Waals surface area (Å²) in [5.41, 5.74) is 8.80. The van der Waals surface area contributed by atoms with Crippen LogP contribution in [0.15, 0.2) is 29.3 Å². The number of fused-ring (bicyclic) bond motifs is 3. The Balaban J connectivity index is 1.26. The minimum Gasteiger partial charge on any atom is -0.444 e. The van der Waals surface area contributed by atoms with Crippen molar-refractivity contribution in [1.29, 1.82) is 0 Å². The van der Waals surface area contributed by atoms with E-state index >= 15 is 0 Å². The molecule has 3 atom stereocenters. The predicted octanol–water partition coefficient (Wildman–Crippen LogP) is 2.44. The number of nitrogens with two attached hydrogens (primary N) is 1. The average molecular weight is 370 g/mol. The Bertz CT molecular complexity index is 747. The molecular formula is C21H30N4O2. The van der Waals surface area contributed by atoms with Gasteiger partial charge in [-0.2, -0.15) is 0 Å². The molecule has 6 heteroatoms. The molecule has 6 nitrogen and oxygen atoms in total. The van der Waals surface area contributed by atoms with Gasteiger partial charge in [-0.25, -0.2) is 4.79 Å². The van der Waals surface area contributed by atoms with Crippen LogP contribution in [-0.4, -0.2) is 60.2 Å². The van der Waals surface area contributed by atoms with Crippen LogP contribution in [-0.2, 0) is 11.2 Å². The first-order valence-electron chi connectivity index (χ1n) is 9.94. The number of ether oxygens (including phenoxy) is 1. The highest BCUT2D eigenvalue weighted by Crippen LogP contribution is 2.61. The van der Waals surface area contributed by atoms with Gasteiger partial charge in [0, 0.05) is 32.7 Å². The van der Waals surface area contributed by atoms with Gasteiger partial charge in [-0.05, 0) is 56.1 Å². The number of rotatable bonds is 2. The molecule has 0 bridgehead atoms. The van der Waals surface area contributed by atoms with Crippen molar-refractivity contribution in [2.75, 3.05) is 32.7 Å². The summed E-state index contributed by atoms with van der Waals surface area (Å²) in [4.78, 5) is 20.7. The lowest BCUT2D eigenvalue weighted by atomic mass is 10.0. The zero-order valence-electron chi connectivity index (χ0n) is 16.5. The molecule has 146 valence electrons. The Morgan fingerprint density at radius 3 is 2.56 bits per heavy atom. The van der Waals surface area contributed by atoms with E-state index in [0.717, 1.165) is 12.5 Å². The van der Waals surface area contributed by atoms with Crippen molar-refractivity contribution in [1.82, 2.24) is 9.80 Å². The molecule has 4 rings (SSSR count). The number of carbonyl (C=O) groups excluding carboxylic acids is 1. The SMILES string of the molecule is CC(C)(C)OC(=O)N1CCN(C(N)=NCC2C3Cc4ccccc4C23)CC1. The summed E-state index contributed by atoms with van der Waals surface area (Å²) in [6.45, 7) is 9.11. The molecule has 0 radical (unpaired) electrons. The number of hydrogen-bond donors (Lipinski definition) is 1. The molecule has 3 aliphatic rings. The van der Waals surface area contributed by atoms with Crippen LogP contribution in [0.3, 0.4) is 0 Å². The van der Waals surface area contributed by atoms with E-state index in [9.17, 15) is 4.79 Å². The maximum Gasteiger partial charge on any atom is 0.410 e. The van der Waals surface area contributed by atoms with E-state index in [1.807, 2.05) is 20.8 Å². The number of hydrogen-bond acceptors (Lipinski definition) is 3. The van der Waals surface area contributed by atoms with Gasteiger partial charge in [0.25, 0.3) is 0 Å². The summed E-state index contributed by atoms with van der Waals surface area (Å²) in [7, 11) is 0. The predicted molar refractivity (Wildman–Crippen MR) is 106 cm³/mol. The molecule has 1 heterocycles. The summed E-state index contributed by atoms with van der Waals surface area (Å²) in [6.07, 6.45) is 0.942. The van der Waals surface area contributed by atoms with Crippen LogP contribution in [0.5, 0.6) is 0 Å². The summed E-state index contributed by atoms with van der Waals surface area (Å²) in [5.74, 6) is 2.68. The third kappa shape index (κ3) is 3.75. The van der Waals surface area contributed by atoms with Crippen LogP contribution >= 0.6 is 0 Å². The number of aliphatic imine (C=N–C) groups is 1. The van der Waals surface area contributed by atoms with Crippen LogP contribution in [0, 0.1) is 11.8 Å². The second-order valence-electron chi connectivity index (χ2n) is 8.91. The fraction of sp³-hybridized carbons (Fsp3) is 0.619. The molecule has 1 aromatic rings. The Morgan fingerprint density at radius 1 is 1.19 bits per heavy atom. The largest absolute Gasteiger partial charge is 0.444 e. The maximum atomic E-state index is 12.1. The molecule has 1 amide bonds. The normalized spacial score (nSPS) is 27.2. The third-order valence-corrected chi connectivity index (χ3v) is 5.92. The van der Waals surface area contributed by atoms with Crippen molar-refractivity contribution >= 4 is 12.1 Å². The smallest absolute Gasteiger partial charge is 0.410 e. The minimum atomic E-state index is -0.463. The Morgan fingerprint density at radius 2 is 1.85 bits per heavy atom. The topological polar surface area (TPSA) is 71.2 Å². The number of piperazine rings is 1. The van der Waals surface area contributed by atoms with Crippen molar-refractivity contribution in [3.05, 3.63) is 35.4 Å². The van der Waals surface area contributed by atoms with E-state index < -0.39 is 5.60 Å². The lowest BCUT2D eigenvalue weighted by molar-refractivity contribution is 0.0186. The van der Waals surface area contributed by atoms with E-state index in [4.69, 9.17) is 10.5 Å². The molecule has 0 spiro atoms. The van der Waals surface area contributed by atoms with Gasteiger partial charge in [-0.1, -0.05) is 24.3 Å². The molecule has 0 aromatic heterocycles. The first-order valence-corrected chi connectivity index (χ1v) is 9.94. The summed E-state index contributed by atoms with van der Waals surface area (Å²) in [6, 6.07) is 8.79. The van der Waals surface area contributed by atoms with Gasteiger partial charge in [-0.3, -0.25) is 4.99 Å². The van der Waals surface area contributed by atoms with Crippen LogP contribution in [0.4, 0.5) is 4.79 Å². The Kier molecular flexibility index (Phi) is 4.52. The van der Waals surface area contributed by atoms with Gasteiger partial charge < -0.3 is 20.3 Å². The molecule has 2 aliphatic carbocycles. The fourth-order valence-corrected chi connectivity index (χ4v) is 4.48. The van der Waals surface area contributed by atoms with Gasteiger partial charge in [-0.15, -0.1) is 0 Å². The number of amides is 1. The zero-order valence-corrected chi connectivity index (χ0v) is 16.5. The average Bonchev–Trinajstić information content (AvgIpc) is 3.16. The van der Waals surface area contributed by atoms with E-state index in [1.165, 1.54) is 17.5 Å². The molecule has 2 fully saturated rings. The maximum absolute atomic E-state index is 12.1. The first-order chi connectivity index (χ1) is 12.8. The van der Waals surface area contributed by atoms with Crippen LogP contribution < -0.4 is 5.73 Å². The monoisotopic (exact) mass is 370 g/mol. The molecule has 1 aromatic carbocycles. The highest BCUT2D eigenvalue weighted by Gasteiger charge is 2.54. The van der Waals surface area contributed by atoms with Crippen molar-refractivity contribution in [2.24, 2.45) is 22.6 Å². The van der Waals surface area contributed by atoms with Crippen LogP contribution in [0.25, 0.3) is 0 Å². The fourth-order valence-electron chi connectivity index (χ4n) is 4.48. The van der Waals surface area contributed by atoms with Crippen molar-refractivity contribution < 1.29 is 9.53 Å². The summed E-state index contributed by atoms with van der Waals surface area (Å²) < 4.78 is 5.44. The molecule has 3 unspecified atom stereocenters. The first kappa shape index (κ1) is 18.1.